The summed E-state index contributed by atoms with van der Waals surface area (Å²) in [4.78, 5) is 17.7. The molecule has 5 heteroatoms. The smallest absolute Gasteiger partial charge is 0.216 e. The molecule has 1 aliphatic rings. The summed E-state index contributed by atoms with van der Waals surface area (Å²) < 4.78 is 0. The highest BCUT2D eigenvalue weighted by Crippen LogP contribution is 2.22. The van der Waals surface area contributed by atoms with Crippen LogP contribution in [0.1, 0.15) is 38.5 Å². The number of aromatic nitrogens is 1. The predicted octanol–water partition coefficient (Wildman–Crippen LogP) is 1.49. The standard InChI is InChI=1S/C15H23N3O2/c1-11(19)14-4-3-5-15(17-14)18-8-6-13(7-9-18)10-16-12(2)20/h3-5,11,13,19H,6-10H2,1-2H3,(H,16,20)/t11-/m1/s1. The van der Waals surface area contributed by atoms with Gasteiger partial charge in [0, 0.05) is 26.6 Å². The van der Waals surface area contributed by atoms with E-state index in [1.165, 1.54) is 0 Å². The van der Waals surface area contributed by atoms with Crippen LogP contribution in [0.2, 0.25) is 0 Å². The van der Waals surface area contributed by atoms with Crippen LogP contribution in [0.5, 0.6) is 0 Å². The molecule has 1 saturated heterocycles. The molecule has 1 atom stereocenters. The summed E-state index contributed by atoms with van der Waals surface area (Å²) in [6, 6.07) is 5.77. The Morgan fingerprint density at radius 2 is 2.20 bits per heavy atom. The van der Waals surface area contributed by atoms with Gasteiger partial charge in [-0.2, -0.15) is 0 Å². The molecular formula is C15H23N3O2. The Hall–Kier alpha value is -1.62. The zero-order valence-electron chi connectivity index (χ0n) is 12.2. The Bertz CT molecular complexity index is 454. The average Bonchev–Trinajstić information content (AvgIpc) is 2.46. The van der Waals surface area contributed by atoms with Gasteiger partial charge in [-0.1, -0.05) is 6.07 Å². The number of aliphatic hydroxyl groups excluding tert-OH is 1. The van der Waals surface area contributed by atoms with Crippen molar-refractivity contribution in [3.8, 4) is 0 Å². The first-order valence-corrected chi connectivity index (χ1v) is 7.20. The molecular weight excluding hydrogens is 254 g/mol. The number of anilines is 1. The van der Waals surface area contributed by atoms with Crippen LogP contribution in [-0.4, -0.2) is 35.6 Å². The van der Waals surface area contributed by atoms with Crippen LogP contribution in [0.4, 0.5) is 5.82 Å². The molecule has 0 unspecified atom stereocenters. The number of carbonyl (C=O) groups excluding carboxylic acids is 1. The van der Waals surface area contributed by atoms with Crippen molar-refractivity contribution in [2.24, 2.45) is 5.92 Å². The summed E-state index contributed by atoms with van der Waals surface area (Å²) in [5.74, 6) is 1.52. The molecule has 110 valence electrons. The van der Waals surface area contributed by atoms with Crippen LogP contribution in [0.3, 0.4) is 0 Å². The minimum atomic E-state index is -0.535. The third-order valence-electron chi connectivity index (χ3n) is 3.76. The number of nitrogens with one attached hydrogen (secondary N) is 1. The van der Waals surface area contributed by atoms with Crippen LogP contribution in [0.25, 0.3) is 0 Å². The molecule has 2 rings (SSSR count). The number of amides is 1. The molecule has 0 radical (unpaired) electrons. The first-order valence-electron chi connectivity index (χ1n) is 7.20. The summed E-state index contributed by atoms with van der Waals surface area (Å²) in [7, 11) is 0. The number of pyridine rings is 1. The molecule has 2 heterocycles. The van der Waals surface area contributed by atoms with Crippen molar-refractivity contribution in [1.29, 1.82) is 0 Å². The van der Waals surface area contributed by atoms with Crippen molar-refractivity contribution in [2.45, 2.75) is 32.8 Å². The number of hydrogen-bond acceptors (Lipinski definition) is 4. The van der Waals surface area contributed by atoms with Gasteiger partial charge in [0.1, 0.15) is 5.82 Å². The highest BCUT2D eigenvalue weighted by atomic mass is 16.3. The Labute approximate surface area is 120 Å². The van der Waals surface area contributed by atoms with Crippen molar-refractivity contribution >= 4 is 11.7 Å². The summed E-state index contributed by atoms with van der Waals surface area (Å²) in [5.41, 5.74) is 0.711. The lowest BCUT2D eigenvalue weighted by Gasteiger charge is -2.33. The SMILES string of the molecule is CC(=O)NCC1CCN(c2cccc([C@@H](C)O)n2)CC1. The molecule has 1 fully saturated rings. The van der Waals surface area contributed by atoms with Gasteiger partial charge in [-0.25, -0.2) is 4.98 Å². The molecule has 0 spiro atoms. The molecule has 1 amide bonds. The van der Waals surface area contributed by atoms with Gasteiger partial charge in [-0.15, -0.1) is 0 Å². The Morgan fingerprint density at radius 3 is 2.80 bits per heavy atom. The molecule has 0 aromatic carbocycles. The van der Waals surface area contributed by atoms with Crippen molar-refractivity contribution in [1.82, 2.24) is 10.3 Å². The fourth-order valence-corrected chi connectivity index (χ4v) is 2.50. The maximum Gasteiger partial charge on any atom is 0.216 e. The first-order chi connectivity index (χ1) is 9.56. The van der Waals surface area contributed by atoms with Crippen LogP contribution in [-0.2, 0) is 4.79 Å². The van der Waals surface area contributed by atoms with Crippen molar-refractivity contribution in [3.05, 3.63) is 23.9 Å². The second-order valence-corrected chi connectivity index (χ2v) is 5.46. The van der Waals surface area contributed by atoms with Crippen molar-refractivity contribution in [3.63, 3.8) is 0 Å². The normalized spacial score (nSPS) is 17.9. The molecule has 0 saturated carbocycles. The maximum atomic E-state index is 10.9. The van der Waals surface area contributed by atoms with Crippen LogP contribution < -0.4 is 10.2 Å². The van der Waals surface area contributed by atoms with E-state index in [4.69, 9.17) is 0 Å². The third kappa shape index (κ3) is 3.93. The van der Waals surface area contributed by atoms with Gasteiger partial charge in [0.05, 0.1) is 11.8 Å². The van der Waals surface area contributed by atoms with E-state index in [2.05, 4.69) is 15.2 Å². The number of hydrogen-bond donors (Lipinski definition) is 2. The molecule has 20 heavy (non-hydrogen) atoms. The van der Waals surface area contributed by atoms with Crippen molar-refractivity contribution < 1.29 is 9.90 Å². The quantitative estimate of drug-likeness (QED) is 0.875. The molecule has 0 aliphatic carbocycles. The highest BCUT2D eigenvalue weighted by molar-refractivity contribution is 5.72. The highest BCUT2D eigenvalue weighted by Gasteiger charge is 2.20. The number of rotatable bonds is 4. The van der Waals surface area contributed by atoms with E-state index in [1.807, 2.05) is 18.2 Å². The van der Waals surface area contributed by atoms with Gasteiger partial charge < -0.3 is 15.3 Å². The fourth-order valence-electron chi connectivity index (χ4n) is 2.50. The number of piperidine rings is 1. The minimum absolute atomic E-state index is 0.0405. The van der Waals surface area contributed by atoms with Gasteiger partial charge in [-0.05, 0) is 37.8 Å². The van der Waals surface area contributed by atoms with Crippen LogP contribution >= 0.6 is 0 Å². The van der Waals surface area contributed by atoms with Gasteiger partial charge >= 0.3 is 0 Å². The monoisotopic (exact) mass is 277 g/mol. The fraction of sp³-hybridized carbons (Fsp3) is 0.600. The lowest BCUT2D eigenvalue weighted by atomic mass is 9.97. The lowest BCUT2D eigenvalue weighted by Crippen LogP contribution is -2.38. The van der Waals surface area contributed by atoms with Gasteiger partial charge in [0.2, 0.25) is 5.91 Å². The van der Waals surface area contributed by atoms with E-state index in [0.29, 0.717) is 11.6 Å². The number of aliphatic hydroxyl groups is 1. The number of carbonyl (C=O) groups is 1. The maximum absolute atomic E-state index is 10.9. The van der Waals surface area contributed by atoms with Crippen LogP contribution in [0.15, 0.2) is 18.2 Å². The van der Waals surface area contributed by atoms with Gasteiger partial charge in [-0.3, -0.25) is 4.79 Å². The van der Waals surface area contributed by atoms with Gasteiger partial charge in [0.25, 0.3) is 0 Å². The Kier molecular flexibility index (Phi) is 4.95. The van der Waals surface area contributed by atoms with E-state index < -0.39 is 6.10 Å². The zero-order chi connectivity index (χ0) is 14.5. The molecule has 2 N–H and O–H groups in total. The third-order valence-corrected chi connectivity index (χ3v) is 3.76. The molecule has 0 bridgehead atoms. The summed E-state index contributed by atoms with van der Waals surface area (Å²) in [5, 5.41) is 12.5. The molecule has 1 aromatic heterocycles. The van der Waals surface area contributed by atoms with E-state index in [0.717, 1.165) is 38.3 Å². The number of nitrogens with zero attached hydrogens (tertiary/aromatic N) is 2. The Morgan fingerprint density at radius 1 is 1.50 bits per heavy atom. The summed E-state index contributed by atoms with van der Waals surface area (Å²) >= 11 is 0. The van der Waals surface area contributed by atoms with Gasteiger partial charge in [0.15, 0.2) is 0 Å². The zero-order valence-corrected chi connectivity index (χ0v) is 12.2. The molecule has 1 aromatic rings. The van der Waals surface area contributed by atoms with Crippen molar-refractivity contribution in [2.75, 3.05) is 24.5 Å². The predicted molar refractivity (Wildman–Crippen MR) is 78.5 cm³/mol. The lowest BCUT2D eigenvalue weighted by molar-refractivity contribution is -0.119. The second-order valence-electron chi connectivity index (χ2n) is 5.46. The minimum Gasteiger partial charge on any atom is -0.387 e. The summed E-state index contributed by atoms with van der Waals surface area (Å²) in [6.45, 7) is 5.94. The molecule has 1 aliphatic heterocycles. The van der Waals surface area contributed by atoms with E-state index in [9.17, 15) is 9.90 Å². The Balaban J connectivity index is 1.90. The summed E-state index contributed by atoms with van der Waals surface area (Å²) in [6.07, 6.45) is 1.58. The largest absolute Gasteiger partial charge is 0.387 e. The average molecular weight is 277 g/mol. The first kappa shape index (κ1) is 14.8. The van der Waals surface area contributed by atoms with E-state index in [1.54, 1.807) is 13.8 Å². The van der Waals surface area contributed by atoms with E-state index in [-0.39, 0.29) is 5.91 Å². The van der Waals surface area contributed by atoms with Crippen LogP contribution in [0, 0.1) is 5.92 Å². The van der Waals surface area contributed by atoms with E-state index >= 15 is 0 Å². The second kappa shape index (κ2) is 6.70. The topological polar surface area (TPSA) is 65.5 Å². The molecule has 5 nitrogen and oxygen atoms in total.